The van der Waals surface area contributed by atoms with Crippen LogP contribution in [0.4, 0.5) is 0 Å². The summed E-state index contributed by atoms with van der Waals surface area (Å²) in [7, 11) is 1.23. The Morgan fingerprint density at radius 1 is 1.40 bits per heavy atom. The van der Waals surface area contributed by atoms with Crippen molar-refractivity contribution in [3.05, 3.63) is 27.1 Å². The molecule has 0 saturated carbocycles. The first kappa shape index (κ1) is 11.0. The van der Waals surface area contributed by atoms with Crippen LogP contribution in [-0.4, -0.2) is 13.0 Å². The summed E-state index contributed by atoms with van der Waals surface area (Å²) in [4.78, 5) is 11.2. The van der Waals surface area contributed by atoms with E-state index in [1.165, 1.54) is 4.57 Å². The standard InChI is InChI=1S/C8H7Cl2NO3S/c9-8-5-2-1-3-11(5)7(12)4-6(8)15(10,13)14/h4H,1-3H2. The Bertz CT molecular complexity index is 576. The van der Waals surface area contributed by atoms with E-state index in [1.54, 1.807) is 0 Å². The Balaban J connectivity index is 2.83. The van der Waals surface area contributed by atoms with Crippen molar-refractivity contribution >= 4 is 31.3 Å². The number of aromatic nitrogens is 1. The van der Waals surface area contributed by atoms with Gasteiger partial charge in [0.1, 0.15) is 4.90 Å². The van der Waals surface area contributed by atoms with Crippen molar-refractivity contribution in [1.29, 1.82) is 0 Å². The van der Waals surface area contributed by atoms with Gasteiger partial charge >= 0.3 is 0 Å². The molecule has 0 fully saturated rings. The zero-order valence-electron chi connectivity index (χ0n) is 7.53. The maximum atomic E-state index is 11.5. The zero-order chi connectivity index (χ0) is 11.2. The SMILES string of the molecule is O=c1cc(S(=O)(=O)Cl)c(Cl)c2n1CCC2. The molecule has 0 aliphatic carbocycles. The molecule has 15 heavy (non-hydrogen) atoms. The summed E-state index contributed by atoms with van der Waals surface area (Å²) in [6.45, 7) is 0.580. The molecule has 0 bridgehead atoms. The lowest BCUT2D eigenvalue weighted by Gasteiger charge is -2.07. The molecule has 82 valence electrons. The summed E-state index contributed by atoms with van der Waals surface area (Å²) < 4.78 is 23.8. The van der Waals surface area contributed by atoms with Crippen molar-refractivity contribution in [1.82, 2.24) is 4.57 Å². The molecule has 0 aromatic carbocycles. The van der Waals surface area contributed by atoms with Crippen molar-refractivity contribution in [2.24, 2.45) is 0 Å². The van der Waals surface area contributed by atoms with Crippen molar-refractivity contribution < 1.29 is 8.42 Å². The third-order valence-electron chi connectivity index (χ3n) is 2.37. The molecule has 7 heteroatoms. The van der Waals surface area contributed by atoms with Crippen molar-refractivity contribution in [2.75, 3.05) is 0 Å². The van der Waals surface area contributed by atoms with Crippen LogP contribution in [0, 0.1) is 0 Å². The lowest BCUT2D eigenvalue weighted by Crippen LogP contribution is -2.20. The zero-order valence-corrected chi connectivity index (χ0v) is 9.86. The molecular formula is C8H7Cl2NO3S. The highest BCUT2D eigenvalue weighted by molar-refractivity contribution is 8.13. The fourth-order valence-electron chi connectivity index (χ4n) is 1.72. The Hall–Kier alpha value is -0.520. The maximum absolute atomic E-state index is 11.5. The van der Waals surface area contributed by atoms with Crippen LogP contribution in [0.2, 0.25) is 5.02 Å². The summed E-state index contributed by atoms with van der Waals surface area (Å²) in [5.41, 5.74) is 0.189. The van der Waals surface area contributed by atoms with E-state index in [4.69, 9.17) is 22.3 Å². The van der Waals surface area contributed by atoms with Crippen molar-refractivity contribution in [2.45, 2.75) is 24.3 Å². The lowest BCUT2D eigenvalue weighted by molar-refractivity contribution is 0.608. The first-order valence-electron chi connectivity index (χ1n) is 4.28. The van der Waals surface area contributed by atoms with Crippen LogP contribution in [0.3, 0.4) is 0 Å². The van der Waals surface area contributed by atoms with Crippen LogP contribution in [0.5, 0.6) is 0 Å². The van der Waals surface area contributed by atoms with Gasteiger partial charge in [0, 0.05) is 29.0 Å². The molecule has 1 aliphatic rings. The second-order valence-corrected chi connectivity index (χ2v) is 6.21. The Morgan fingerprint density at radius 3 is 2.67 bits per heavy atom. The minimum absolute atomic E-state index is 0.0714. The number of halogens is 2. The van der Waals surface area contributed by atoms with E-state index in [0.29, 0.717) is 18.7 Å². The molecule has 2 rings (SSSR count). The minimum atomic E-state index is -3.95. The molecule has 0 atom stereocenters. The van der Waals surface area contributed by atoms with E-state index in [-0.39, 0.29) is 15.5 Å². The molecule has 1 aromatic heterocycles. The summed E-state index contributed by atoms with van der Waals surface area (Å²) >= 11 is 5.89. The highest BCUT2D eigenvalue weighted by Gasteiger charge is 2.24. The molecule has 0 spiro atoms. The van der Waals surface area contributed by atoms with E-state index < -0.39 is 9.05 Å². The average Bonchev–Trinajstić information content (AvgIpc) is 2.58. The van der Waals surface area contributed by atoms with Crippen LogP contribution in [0.25, 0.3) is 0 Å². The third-order valence-corrected chi connectivity index (χ3v) is 4.25. The summed E-state index contributed by atoms with van der Waals surface area (Å²) in [6, 6.07) is 0.972. The molecular weight excluding hydrogens is 261 g/mol. The van der Waals surface area contributed by atoms with Gasteiger partial charge in [-0.2, -0.15) is 0 Å². The first-order valence-corrected chi connectivity index (χ1v) is 6.97. The van der Waals surface area contributed by atoms with Crippen LogP contribution in [-0.2, 0) is 22.0 Å². The van der Waals surface area contributed by atoms with Gasteiger partial charge in [-0.3, -0.25) is 4.79 Å². The minimum Gasteiger partial charge on any atom is -0.311 e. The third kappa shape index (κ3) is 1.79. The van der Waals surface area contributed by atoms with Crippen LogP contribution in [0.15, 0.2) is 15.8 Å². The molecule has 0 radical (unpaired) electrons. The number of hydrogen-bond acceptors (Lipinski definition) is 3. The lowest BCUT2D eigenvalue weighted by atomic mass is 10.3. The van der Waals surface area contributed by atoms with E-state index >= 15 is 0 Å². The molecule has 4 nitrogen and oxygen atoms in total. The van der Waals surface area contributed by atoms with E-state index in [1.807, 2.05) is 0 Å². The Labute approximate surface area is 95.8 Å². The largest absolute Gasteiger partial charge is 0.311 e. The van der Waals surface area contributed by atoms with Crippen LogP contribution < -0.4 is 5.56 Å². The van der Waals surface area contributed by atoms with E-state index in [2.05, 4.69) is 0 Å². The van der Waals surface area contributed by atoms with E-state index in [9.17, 15) is 13.2 Å². The van der Waals surface area contributed by atoms with Gasteiger partial charge in [0.05, 0.1) is 5.02 Å². The van der Waals surface area contributed by atoms with Gasteiger partial charge in [-0.25, -0.2) is 8.42 Å². The van der Waals surface area contributed by atoms with Crippen molar-refractivity contribution in [3.8, 4) is 0 Å². The predicted molar refractivity (Wildman–Crippen MR) is 57.1 cm³/mol. The summed E-state index contributed by atoms with van der Waals surface area (Å²) in [5.74, 6) is 0. The van der Waals surface area contributed by atoms with Gasteiger partial charge in [0.25, 0.3) is 14.6 Å². The smallest absolute Gasteiger partial charge is 0.263 e. The van der Waals surface area contributed by atoms with Gasteiger partial charge in [-0.05, 0) is 12.8 Å². The Kier molecular flexibility index (Phi) is 2.56. The molecule has 0 amide bonds. The first-order chi connectivity index (χ1) is 6.91. The van der Waals surface area contributed by atoms with E-state index in [0.717, 1.165) is 12.5 Å². The highest BCUT2D eigenvalue weighted by atomic mass is 35.7. The van der Waals surface area contributed by atoms with Gasteiger partial charge in [-0.1, -0.05) is 11.6 Å². The second kappa shape index (κ2) is 3.50. The van der Waals surface area contributed by atoms with Crippen LogP contribution in [0.1, 0.15) is 12.1 Å². The summed E-state index contributed by atoms with van der Waals surface area (Å²) in [6.07, 6.45) is 1.40. The topological polar surface area (TPSA) is 56.1 Å². The number of pyridine rings is 1. The second-order valence-electron chi connectivity index (χ2n) is 3.30. The van der Waals surface area contributed by atoms with Gasteiger partial charge in [-0.15, -0.1) is 0 Å². The fraction of sp³-hybridized carbons (Fsp3) is 0.375. The molecule has 0 N–H and O–H groups in total. The van der Waals surface area contributed by atoms with Gasteiger partial charge in [0.15, 0.2) is 0 Å². The Morgan fingerprint density at radius 2 is 2.07 bits per heavy atom. The molecule has 1 aromatic rings. The number of nitrogens with zero attached hydrogens (tertiary/aromatic N) is 1. The van der Waals surface area contributed by atoms with Crippen molar-refractivity contribution in [3.63, 3.8) is 0 Å². The fourth-order valence-corrected chi connectivity index (χ4v) is 3.33. The van der Waals surface area contributed by atoms with Gasteiger partial charge < -0.3 is 4.57 Å². The summed E-state index contributed by atoms with van der Waals surface area (Å²) in [5, 5.41) is 0.0714. The molecule has 0 saturated heterocycles. The predicted octanol–water partition coefficient (Wildman–Crippen LogP) is 1.38. The number of fused-ring (bicyclic) bond motifs is 1. The number of rotatable bonds is 1. The molecule has 1 aliphatic heterocycles. The number of hydrogen-bond donors (Lipinski definition) is 0. The molecule has 2 heterocycles. The highest BCUT2D eigenvalue weighted by Crippen LogP contribution is 2.29. The normalized spacial score (nSPS) is 15.3. The average molecular weight is 268 g/mol. The van der Waals surface area contributed by atoms with Crippen LogP contribution >= 0.6 is 22.3 Å². The quantitative estimate of drug-likeness (QED) is 0.723. The molecule has 0 unspecified atom stereocenters. The monoisotopic (exact) mass is 267 g/mol. The maximum Gasteiger partial charge on any atom is 0.263 e. The van der Waals surface area contributed by atoms with Gasteiger partial charge in [0.2, 0.25) is 0 Å².